The molecule has 210 valence electrons. The highest BCUT2D eigenvalue weighted by atomic mass is 16.6. The molecule has 0 saturated heterocycles. The molecule has 0 unspecified atom stereocenters. The molecule has 6 nitrogen and oxygen atoms in total. The highest BCUT2D eigenvalue weighted by molar-refractivity contribution is 5.88. The molecule has 0 aliphatic heterocycles. The summed E-state index contributed by atoms with van der Waals surface area (Å²) in [6, 6.07) is 0. The van der Waals surface area contributed by atoms with Crippen molar-refractivity contribution in [3.8, 4) is 0 Å². The van der Waals surface area contributed by atoms with Crippen LogP contribution in [-0.2, 0) is 19.1 Å². The van der Waals surface area contributed by atoms with Crippen molar-refractivity contribution in [3.63, 3.8) is 0 Å². The molecule has 6 heteroatoms. The molecule has 0 amide bonds. The summed E-state index contributed by atoms with van der Waals surface area (Å²) in [6.07, 6.45) is 10.0. The van der Waals surface area contributed by atoms with Crippen LogP contribution in [0.3, 0.4) is 0 Å². The standard InChI is InChI=1S/C31H51NO5/c1-18(2)9-8-10-19(3)23-11-12-24-22-15-27(32-35)26-16-28(36-20(4)33)29(37-21(5)34)17-31(26,7)25(22)13-14-30(23,24)6/h18-19,22-26,28-29,35H,8-17H2,1-7H3/t19-,22+,23-,24+,25+,26-,28-,29+,30-,31-/m1/s1. The van der Waals surface area contributed by atoms with Crippen molar-refractivity contribution >= 4 is 17.7 Å². The van der Waals surface area contributed by atoms with Crippen molar-refractivity contribution in [1.82, 2.24) is 0 Å². The number of esters is 2. The van der Waals surface area contributed by atoms with E-state index in [0.717, 1.165) is 29.9 Å². The number of ether oxygens (including phenoxy) is 2. The molecule has 0 aromatic carbocycles. The number of oxime groups is 1. The predicted molar refractivity (Wildman–Crippen MR) is 144 cm³/mol. The van der Waals surface area contributed by atoms with Gasteiger partial charge in [0.1, 0.15) is 12.2 Å². The molecule has 0 spiro atoms. The third-order valence-corrected chi connectivity index (χ3v) is 11.4. The molecule has 4 aliphatic rings. The van der Waals surface area contributed by atoms with E-state index >= 15 is 0 Å². The van der Waals surface area contributed by atoms with Crippen LogP contribution in [0, 0.1) is 52.3 Å². The third-order valence-electron chi connectivity index (χ3n) is 11.4. The maximum Gasteiger partial charge on any atom is 0.303 e. The largest absolute Gasteiger partial charge is 0.459 e. The van der Waals surface area contributed by atoms with E-state index in [0.29, 0.717) is 36.0 Å². The number of hydrogen-bond donors (Lipinski definition) is 1. The number of rotatable bonds is 7. The van der Waals surface area contributed by atoms with Gasteiger partial charge in [-0.15, -0.1) is 0 Å². The monoisotopic (exact) mass is 517 g/mol. The van der Waals surface area contributed by atoms with Gasteiger partial charge in [-0.05, 0) is 91.3 Å². The van der Waals surface area contributed by atoms with Crippen LogP contribution in [-0.4, -0.2) is 35.1 Å². The van der Waals surface area contributed by atoms with E-state index in [9.17, 15) is 14.8 Å². The summed E-state index contributed by atoms with van der Waals surface area (Å²) in [6.45, 7) is 14.8. The van der Waals surface area contributed by atoms with E-state index < -0.39 is 12.2 Å². The van der Waals surface area contributed by atoms with Gasteiger partial charge in [0.25, 0.3) is 0 Å². The zero-order valence-corrected chi connectivity index (χ0v) is 24.3. The van der Waals surface area contributed by atoms with Crippen LogP contribution >= 0.6 is 0 Å². The van der Waals surface area contributed by atoms with Crippen LogP contribution in [0.5, 0.6) is 0 Å². The summed E-state index contributed by atoms with van der Waals surface area (Å²) in [5.74, 6) is 3.23. The molecule has 37 heavy (non-hydrogen) atoms. The quantitative estimate of drug-likeness (QED) is 0.223. The van der Waals surface area contributed by atoms with Crippen molar-refractivity contribution in [2.75, 3.05) is 0 Å². The van der Waals surface area contributed by atoms with Gasteiger partial charge in [0, 0.05) is 19.8 Å². The predicted octanol–water partition coefficient (Wildman–Crippen LogP) is 7.02. The summed E-state index contributed by atoms with van der Waals surface area (Å²) in [7, 11) is 0. The molecular weight excluding hydrogens is 466 g/mol. The third kappa shape index (κ3) is 5.32. The molecular formula is C31H51NO5. The molecule has 10 atom stereocenters. The summed E-state index contributed by atoms with van der Waals surface area (Å²) in [4.78, 5) is 23.9. The normalized spacial score (nSPS) is 43.0. The van der Waals surface area contributed by atoms with Crippen LogP contribution in [0.25, 0.3) is 0 Å². The number of fused-ring (bicyclic) bond motifs is 5. The van der Waals surface area contributed by atoms with Crippen molar-refractivity contribution < 1.29 is 24.3 Å². The maximum absolute atomic E-state index is 12.0. The number of hydrogen-bond acceptors (Lipinski definition) is 6. The summed E-state index contributed by atoms with van der Waals surface area (Å²) in [5, 5.41) is 14.1. The van der Waals surface area contributed by atoms with Crippen LogP contribution in [0.15, 0.2) is 5.16 Å². The molecule has 0 bridgehead atoms. The number of carbonyl (C=O) groups is 2. The van der Waals surface area contributed by atoms with Crippen LogP contribution in [0.4, 0.5) is 0 Å². The van der Waals surface area contributed by atoms with Gasteiger partial charge in [0.2, 0.25) is 0 Å². The Balaban J connectivity index is 1.58. The lowest BCUT2D eigenvalue weighted by atomic mass is 9.43. The zero-order valence-electron chi connectivity index (χ0n) is 24.3. The highest BCUT2D eigenvalue weighted by Crippen LogP contribution is 2.68. The van der Waals surface area contributed by atoms with Crippen LogP contribution < -0.4 is 0 Å². The molecule has 0 aromatic heterocycles. The van der Waals surface area contributed by atoms with Gasteiger partial charge < -0.3 is 14.7 Å². The zero-order chi connectivity index (χ0) is 27.1. The fourth-order valence-electron chi connectivity index (χ4n) is 9.86. The Morgan fingerprint density at radius 3 is 2.24 bits per heavy atom. The fourth-order valence-corrected chi connectivity index (χ4v) is 9.86. The molecule has 0 heterocycles. The van der Waals surface area contributed by atoms with Gasteiger partial charge in [-0.25, -0.2) is 0 Å². The van der Waals surface area contributed by atoms with Gasteiger partial charge in [-0.1, -0.05) is 59.0 Å². The second-order valence-electron chi connectivity index (χ2n) is 14.0. The fraction of sp³-hybridized carbons (Fsp3) is 0.903. The first kappa shape index (κ1) is 28.4. The average molecular weight is 518 g/mol. The first-order chi connectivity index (χ1) is 17.4. The maximum atomic E-state index is 12.0. The highest BCUT2D eigenvalue weighted by Gasteiger charge is 2.63. The second-order valence-corrected chi connectivity index (χ2v) is 14.0. The van der Waals surface area contributed by atoms with E-state index in [1.54, 1.807) is 0 Å². The Kier molecular flexibility index (Phi) is 8.36. The summed E-state index contributed by atoms with van der Waals surface area (Å²) < 4.78 is 11.4. The minimum absolute atomic E-state index is 0.0337. The lowest BCUT2D eigenvalue weighted by Crippen LogP contribution is -2.60. The van der Waals surface area contributed by atoms with Crippen molar-refractivity contribution in [2.24, 2.45) is 57.4 Å². The molecule has 0 aromatic rings. The van der Waals surface area contributed by atoms with Crippen molar-refractivity contribution in [1.29, 1.82) is 0 Å². The molecule has 0 radical (unpaired) electrons. The van der Waals surface area contributed by atoms with E-state index in [4.69, 9.17) is 9.47 Å². The topological polar surface area (TPSA) is 85.2 Å². The Morgan fingerprint density at radius 1 is 0.973 bits per heavy atom. The van der Waals surface area contributed by atoms with E-state index in [1.807, 2.05) is 0 Å². The lowest BCUT2D eigenvalue weighted by Gasteiger charge is -2.61. The van der Waals surface area contributed by atoms with E-state index in [-0.39, 0.29) is 23.3 Å². The van der Waals surface area contributed by atoms with E-state index in [1.165, 1.54) is 58.8 Å². The Bertz CT molecular complexity index is 885. The molecule has 4 fully saturated rings. The lowest BCUT2D eigenvalue weighted by molar-refractivity contribution is -0.185. The van der Waals surface area contributed by atoms with Gasteiger partial charge >= 0.3 is 11.9 Å². The molecule has 4 saturated carbocycles. The number of nitrogens with zero attached hydrogens (tertiary/aromatic N) is 1. The van der Waals surface area contributed by atoms with Gasteiger partial charge in [-0.3, -0.25) is 9.59 Å². The number of carbonyl (C=O) groups excluding carboxylic acids is 2. The molecule has 4 aliphatic carbocycles. The van der Waals surface area contributed by atoms with E-state index in [2.05, 4.69) is 39.8 Å². The van der Waals surface area contributed by atoms with Gasteiger partial charge in [0.05, 0.1) is 5.71 Å². The van der Waals surface area contributed by atoms with Gasteiger partial charge in [0.15, 0.2) is 0 Å². The minimum atomic E-state index is -0.496. The summed E-state index contributed by atoms with van der Waals surface area (Å²) >= 11 is 0. The SMILES string of the molecule is CC(=O)O[C@H]1C[C@@]2(C)[C@H](C[C@H]1OC(C)=O)C(=NO)C[C@@H]1[C@@H]2CC[C@]2(C)[C@@H]([C@H](C)CCCC(C)C)CC[C@@H]12. The minimum Gasteiger partial charge on any atom is -0.459 e. The van der Waals surface area contributed by atoms with Crippen LogP contribution in [0.1, 0.15) is 113 Å². The van der Waals surface area contributed by atoms with Gasteiger partial charge in [-0.2, -0.15) is 0 Å². The first-order valence-corrected chi connectivity index (χ1v) is 15.0. The van der Waals surface area contributed by atoms with Crippen molar-refractivity contribution in [2.45, 2.75) is 125 Å². The Morgan fingerprint density at radius 2 is 1.62 bits per heavy atom. The Hall–Kier alpha value is -1.59. The second kappa shape index (κ2) is 10.9. The average Bonchev–Trinajstić information content (AvgIpc) is 3.15. The molecule has 4 rings (SSSR count). The van der Waals surface area contributed by atoms with Crippen LogP contribution in [0.2, 0.25) is 0 Å². The Labute approximate surface area is 224 Å². The van der Waals surface area contributed by atoms with Crippen molar-refractivity contribution in [3.05, 3.63) is 0 Å². The molecule has 1 N–H and O–H groups in total. The first-order valence-electron chi connectivity index (χ1n) is 15.0. The smallest absolute Gasteiger partial charge is 0.303 e. The summed E-state index contributed by atoms with van der Waals surface area (Å²) in [5.41, 5.74) is 1.05.